The van der Waals surface area contributed by atoms with Crippen LogP contribution in [-0.4, -0.2) is 31.9 Å². The number of aliphatic hydroxyl groups excluding tert-OH is 1. The van der Waals surface area contributed by atoms with Gasteiger partial charge in [-0.15, -0.1) is 6.58 Å². The molecule has 0 saturated carbocycles. The Morgan fingerprint density at radius 2 is 2.45 bits per heavy atom. The number of anilines is 1. The van der Waals surface area contributed by atoms with Gasteiger partial charge in [0.2, 0.25) is 0 Å². The number of aryl methyl sites for hydroxylation is 1. The Morgan fingerprint density at radius 1 is 1.65 bits per heavy atom. The van der Waals surface area contributed by atoms with Crippen LogP contribution in [0.15, 0.2) is 25.0 Å². The second-order valence-corrected chi connectivity index (χ2v) is 5.16. The third-order valence-electron chi connectivity index (χ3n) is 3.71. The van der Waals surface area contributed by atoms with Crippen molar-refractivity contribution in [2.45, 2.75) is 38.1 Å². The summed E-state index contributed by atoms with van der Waals surface area (Å²) in [5.41, 5.74) is 8.44. The molecular formula is C14H18N4O2. The molecule has 0 aliphatic carbocycles. The fourth-order valence-corrected chi connectivity index (χ4v) is 2.84. The van der Waals surface area contributed by atoms with Crippen LogP contribution in [0.4, 0.5) is 5.82 Å². The molecule has 1 aliphatic rings. The summed E-state index contributed by atoms with van der Waals surface area (Å²) in [5, 5.41) is 14.5. The third kappa shape index (κ3) is 1.97. The number of aromatic nitrogens is 3. The van der Waals surface area contributed by atoms with E-state index in [1.54, 1.807) is 10.6 Å². The molecule has 1 fully saturated rings. The Morgan fingerprint density at radius 3 is 3.20 bits per heavy atom. The summed E-state index contributed by atoms with van der Waals surface area (Å²) in [4.78, 5) is 4.00. The average Bonchev–Trinajstić information content (AvgIpc) is 2.92. The van der Waals surface area contributed by atoms with E-state index in [1.165, 1.54) is 6.33 Å². The molecule has 3 atom stereocenters. The van der Waals surface area contributed by atoms with Crippen molar-refractivity contribution in [2.75, 3.05) is 5.73 Å². The number of aliphatic hydroxyl groups is 1. The quantitative estimate of drug-likeness (QED) is 0.826. The van der Waals surface area contributed by atoms with E-state index < -0.39 is 12.2 Å². The van der Waals surface area contributed by atoms with E-state index in [0.29, 0.717) is 12.2 Å². The number of ether oxygens (including phenoxy) is 1. The zero-order valence-electron chi connectivity index (χ0n) is 11.4. The molecule has 0 radical (unpaired) electrons. The van der Waals surface area contributed by atoms with E-state index in [4.69, 9.17) is 10.5 Å². The maximum absolute atomic E-state index is 10.2. The van der Waals surface area contributed by atoms with Gasteiger partial charge in [-0.25, -0.2) is 9.50 Å². The first-order chi connectivity index (χ1) is 9.61. The van der Waals surface area contributed by atoms with E-state index in [2.05, 4.69) is 16.7 Å². The molecule has 6 heteroatoms. The van der Waals surface area contributed by atoms with Crippen LogP contribution in [0.5, 0.6) is 0 Å². The van der Waals surface area contributed by atoms with Crippen molar-refractivity contribution in [3.63, 3.8) is 0 Å². The van der Waals surface area contributed by atoms with Crippen LogP contribution in [0.1, 0.15) is 30.2 Å². The lowest BCUT2D eigenvalue weighted by Crippen LogP contribution is -2.15. The summed E-state index contributed by atoms with van der Waals surface area (Å²) in [5.74, 6) is 0.430. The highest BCUT2D eigenvalue weighted by atomic mass is 16.5. The van der Waals surface area contributed by atoms with Gasteiger partial charge < -0.3 is 15.6 Å². The summed E-state index contributed by atoms with van der Waals surface area (Å²) in [7, 11) is 0. The molecule has 2 aromatic heterocycles. The van der Waals surface area contributed by atoms with Gasteiger partial charge in [0.1, 0.15) is 17.9 Å². The number of nitrogens with two attached hydrogens (primary N) is 1. The maximum atomic E-state index is 10.2. The largest absolute Gasteiger partial charge is 0.390 e. The molecular weight excluding hydrogens is 256 g/mol. The first-order valence-corrected chi connectivity index (χ1v) is 6.65. The van der Waals surface area contributed by atoms with Crippen molar-refractivity contribution in [1.82, 2.24) is 14.6 Å². The molecule has 1 saturated heterocycles. The molecule has 3 heterocycles. The number of rotatable bonds is 3. The Balaban J connectivity index is 2.03. The van der Waals surface area contributed by atoms with Crippen LogP contribution in [0.3, 0.4) is 0 Å². The number of hydrogen-bond acceptors (Lipinski definition) is 5. The van der Waals surface area contributed by atoms with Gasteiger partial charge in [0.25, 0.3) is 0 Å². The summed E-state index contributed by atoms with van der Waals surface area (Å²) in [6.45, 7) is 5.65. The first-order valence-electron chi connectivity index (χ1n) is 6.65. The smallest absolute Gasteiger partial charge is 0.151 e. The zero-order chi connectivity index (χ0) is 14.3. The average molecular weight is 274 g/mol. The fourth-order valence-electron chi connectivity index (χ4n) is 2.84. The van der Waals surface area contributed by atoms with Crippen molar-refractivity contribution in [1.29, 1.82) is 0 Å². The summed E-state index contributed by atoms with van der Waals surface area (Å²) < 4.78 is 7.63. The minimum absolute atomic E-state index is 0.00228. The fraction of sp³-hybridized carbons (Fsp3) is 0.429. The molecule has 20 heavy (non-hydrogen) atoms. The van der Waals surface area contributed by atoms with E-state index in [9.17, 15) is 5.11 Å². The van der Waals surface area contributed by atoms with Gasteiger partial charge in [-0.05, 0) is 25.0 Å². The van der Waals surface area contributed by atoms with Crippen LogP contribution >= 0.6 is 0 Å². The van der Waals surface area contributed by atoms with Gasteiger partial charge in [-0.1, -0.05) is 6.08 Å². The molecule has 0 amide bonds. The second kappa shape index (κ2) is 4.88. The van der Waals surface area contributed by atoms with E-state index >= 15 is 0 Å². The van der Waals surface area contributed by atoms with Crippen molar-refractivity contribution >= 4 is 11.3 Å². The normalized spacial score (nSPS) is 26.2. The predicted molar refractivity (Wildman–Crippen MR) is 75.2 cm³/mol. The Bertz CT molecular complexity index is 652. The van der Waals surface area contributed by atoms with Gasteiger partial charge in [0.05, 0.1) is 17.9 Å². The number of hydrogen-bond donors (Lipinski definition) is 2. The minimum atomic E-state index is -0.548. The highest BCUT2D eigenvalue weighted by molar-refractivity contribution is 5.70. The lowest BCUT2D eigenvalue weighted by Gasteiger charge is -2.14. The molecule has 3 N–H and O–H groups in total. The second-order valence-electron chi connectivity index (χ2n) is 5.16. The highest BCUT2D eigenvalue weighted by Gasteiger charge is 2.36. The summed E-state index contributed by atoms with van der Waals surface area (Å²) in [6.07, 6.45) is 3.60. The van der Waals surface area contributed by atoms with Gasteiger partial charge in [-0.3, -0.25) is 0 Å². The van der Waals surface area contributed by atoms with Crippen molar-refractivity contribution in [3.05, 3.63) is 36.3 Å². The molecule has 106 valence electrons. The van der Waals surface area contributed by atoms with Crippen LogP contribution < -0.4 is 5.73 Å². The van der Waals surface area contributed by atoms with Crippen LogP contribution in [0, 0.1) is 6.92 Å². The molecule has 0 bridgehead atoms. The van der Waals surface area contributed by atoms with Gasteiger partial charge in [-0.2, -0.15) is 5.10 Å². The standard InChI is InChI=1S/C14H18N4O2/c1-3-4-9-6-11(19)13(20-9)10-5-8(2)12-14(15)16-7-17-18(10)12/h3,5,7,9,11,13,19H,1,4,6H2,2H3,(H2,15,16,17). The van der Waals surface area contributed by atoms with E-state index in [1.807, 2.05) is 13.0 Å². The van der Waals surface area contributed by atoms with Crippen molar-refractivity contribution in [3.8, 4) is 0 Å². The van der Waals surface area contributed by atoms with E-state index in [0.717, 1.165) is 23.2 Å². The Labute approximate surface area is 116 Å². The third-order valence-corrected chi connectivity index (χ3v) is 3.71. The molecule has 3 rings (SSSR count). The van der Waals surface area contributed by atoms with Gasteiger partial charge in [0, 0.05) is 6.42 Å². The molecule has 0 spiro atoms. The van der Waals surface area contributed by atoms with E-state index in [-0.39, 0.29) is 6.10 Å². The highest BCUT2D eigenvalue weighted by Crippen LogP contribution is 2.36. The predicted octanol–water partition coefficient (Wildman–Crippen LogP) is 1.39. The van der Waals surface area contributed by atoms with Crippen molar-refractivity contribution < 1.29 is 9.84 Å². The first kappa shape index (κ1) is 13.1. The number of nitrogens with zero attached hydrogens (tertiary/aromatic N) is 3. The van der Waals surface area contributed by atoms with Crippen LogP contribution in [0.25, 0.3) is 5.52 Å². The lowest BCUT2D eigenvalue weighted by atomic mass is 10.1. The van der Waals surface area contributed by atoms with Gasteiger partial charge in [0.15, 0.2) is 5.82 Å². The zero-order valence-corrected chi connectivity index (χ0v) is 11.4. The van der Waals surface area contributed by atoms with Gasteiger partial charge >= 0.3 is 0 Å². The summed E-state index contributed by atoms with van der Waals surface area (Å²) in [6, 6.07) is 1.95. The monoisotopic (exact) mass is 274 g/mol. The molecule has 1 aliphatic heterocycles. The number of fused-ring (bicyclic) bond motifs is 1. The van der Waals surface area contributed by atoms with Crippen LogP contribution in [0.2, 0.25) is 0 Å². The molecule has 3 unspecified atom stereocenters. The lowest BCUT2D eigenvalue weighted by molar-refractivity contribution is 0.00662. The van der Waals surface area contributed by atoms with Crippen LogP contribution in [-0.2, 0) is 4.74 Å². The summed E-state index contributed by atoms with van der Waals surface area (Å²) >= 11 is 0. The van der Waals surface area contributed by atoms with Crippen molar-refractivity contribution in [2.24, 2.45) is 0 Å². The minimum Gasteiger partial charge on any atom is -0.390 e. The molecule has 0 aromatic carbocycles. The molecule has 2 aromatic rings. The number of nitrogen functional groups attached to an aromatic ring is 1. The Kier molecular flexibility index (Phi) is 3.19. The Hall–Kier alpha value is -1.92. The topological polar surface area (TPSA) is 85.7 Å². The maximum Gasteiger partial charge on any atom is 0.151 e. The SMILES string of the molecule is C=CCC1CC(O)C(c2cc(C)c3c(N)ncnn23)O1. The molecule has 6 nitrogen and oxygen atoms in total.